The Hall–Kier alpha value is -3.57. The molecule has 158 valence electrons. The van der Waals surface area contributed by atoms with Gasteiger partial charge in [-0.25, -0.2) is 4.79 Å². The molecule has 0 saturated carbocycles. The van der Waals surface area contributed by atoms with E-state index in [2.05, 4.69) is 17.2 Å². The summed E-state index contributed by atoms with van der Waals surface area (Å²) in [5.41, 5.74) is -0.0582. The van der Waals surface area contributed by atoms with Gasteiger partial charge in [0.05, 0.1) is 17.1 Å². The fraction of sp³-hybridized carbons (Fsp3) is 0.318. The van der Waals surface area contributed by atoms with E-state index in [-0.39, 0.29) is 23.7 Å². The Bertz CT molecular complexity index is 955. The van der Waals surface area contributed by atoms with Gasteiger partial charge in [0.25, 0.3) is 5.69 Å². The Morgan fingerprint density at radius 3 is 2.43 bits per heavy atom. The third-order valence-electron chi connectivity index (χ3n) is 3.59. The van der Waals surface area contributed by atoms with Crippen LogP contribution in [0.2, 0.25) is 0 Å². The molecule has 1 N–H and O–H groups in total. The SMILES string of the molecule is COCCOc1cc(NC(=O)OC(C)(C)C)c([N+](=O)[O-])cc1C#Cc1ccccc1. The van der Waals surface area contributed by atoms with E-state index in [1.54, 1.807) is 20.8 Å². The quantitative estimate of drug-likeness (QED) is 0.327. The lowest BCUT2D eigenvalue weighted by Gasteiger charge is -2.20. The van der Waals surface area contributed by atoms with Crippen LogP contribution in [0.1, 0.15) is 31.9 Å². The molecule has 0 unspecified atom stereocenters. The molecule has 0 aromatic heterocycles. The van der Waals surface area contributed by atoms with E-state index in [1.807, 2.05) is 30.3 Å². The molecule has 8 heteroatoms. The molecule has 30 heavy (non-hydrogen) atoms. The normalized spacial score (nSPS) is 10.5. The second-order valence-corrected chi connectivity index (χ2v) is 7.21. The molecule has 0 radical (unpaired) electrons. The van der Waals surface area contributed by atoms with E-state index in [9.17, 15) is 14.9 Å². The van der Waals surface area contributed by atoms with Gasteiger partial charge in [-0.05, 0) is 32.9 Å². The molecule has 0 saturated heterocycles. The van der Waals surface area contributed by atoms with Crippen molar-refractivity contribution < 1.29 is 23.9 Å². The summed E-state index contributed by atoms with van der Waals surface area (Å²) in [6.45, 7) is 5.62. The number of ether oxygens (including phenoxy) is 3. The first kappa shape index (κ1) is 22.7. The second kappa shape index (κ2) is 10.3. The largest absolute Gasteiger partial charge is 0.490 e. The predicted molar refractivity (Wildman–Crippen MR) is 113 cm³/mol. The smallest absolute Gasteiger partial charge is 0.412 e. The number of hydrogen-bond donors (Lipinski definition) is 1. The Morgan fingerprint density at radius 1 is 1.13 bits per heavy atom. The van der Waals surface area contributed by atoms with Crippen LogP contribution in [0, 0.1) is 22.0 Å². The van der Waals surface area contributed by atoms with Crippen molar-refractivity contribution >= 4 is 17.5 Å². The number of benzene rings is 2. The summed E-state index contributed by atoms with van der Waals surface area (Å²) in [6, 6.07) is 11.8. The van der Waals surface area contributed by atoms with Crippen molar-refractivity contribution in [1.29, 1.82) is 0 Å². The van der Waals surface area contributed by atoms with Crippen molar-refractivity contribution in [2.24, 2.45) is 0 Å². The number of carbonyl (C=O) groups is 1. The molecule has 0 spiro atoms. The third kappa shape index (κ3) is 7.11. The molecular formula is C22H24N2O6. The Morgan fingerprint density at radius 2 is 1.83 bits per heavy atom. The standard InChI is InChI=1S/C22H24N2O6/c1-22(2,3)30-21(25)23-18-15-20(29-13-12-28-4)17(14-19(18)24(26)27)11-10-16-8-6-5-7-9-16/h5-9,14-15H,12-13H2,1-4H3,(H,23,25). The summed E-state index contributed by atoms with van der Waals surface area (Å²) in [7, 11) is 1.53. The molecule has 2 aromatic rings. The fourth-order valence-corrected chi connectivity index (χ4v) is 2.35. The number of carbonyl (C=O) groups excluding carboxylic acids is 1. The van der Waals surface area contributed by atoms with Crippen LogP contribution in [0.15, 0.2) is 42.5 Å². The van der Waals surface area contributed by atoms with Crippen molar-refractivity contribution in [2.75, 3.05) is 25.6 Å². The van der Waals surface area contributed by atoms with Crippen LogP contribution in [0.25, 0.3) is 0 Å². The number of nitrogens with zero attached hydrogens (tertiary/aromatic N) is 1. The molecule has 1 amide bonds. The molecule has 0 aliphatic rings. The predicted octanol–water partition coefficient (Wildman–Crippen LogP) is 4.37. The molecular weight excluding hydrogens is 388 g/mol. The van der Waals surface area contributed by atoms with Gasteiger partial charge < -0.3 is 14.2 Å². The summed E-state index contributed by atoms with van der Waals surface area (Å²) in [5.74, 6) is 6.14. The van der Waals surface area contributed by atoms with Gasteiger partial charge in [-0.3, -0.25) is 15.4 Å². The van der Waals surface area contributed by atoms with Gasteiger partial charge in [0.2, 0.25) is 0 Å². The maximum atomic E-state index is 12.1. The molecule has 0 heterocycles. The number of hydrogen-bond acceptors (Lipinski definition) is 6. The van der Waals surface area contributed by atoms with Gasteiger partial charge in [0.1, 0.15) is 23.6 Å². The minimum atomic E-state index is -0.809. The van der Waals surface area contributed by atoms with E-state index in [4.69, 9.17) is 14.2 Å². The maximum absolute atomic E-state index is 12.1. The highest BCUT2D eigenvalue weighted by Gasteiger charge is 2.23. The number of rotatable bonds is 6. The Kier molecular flexibility index (Phi) is 7.78. The highest BCUT2D eigenvalue weighted by molar-refractivity contribution is 5.89. The molecule has 0 bridgehead atoms. The molecule has 0 aliphatic carbocycles. The Balaban J connectivity index is 2.45. The van der Waals surface area contributed by atoms with Crippen LogP contribution >= 0.6 is 0 Å². The lowest BCUT2D eigenvalue weighted by atomic mass is 10.1. The average Bonchev–Trinajstić information content (AvgIpc) is 2.66. The first-order valence-electron chi connectivity index (χ1n) is 9.21. The van der Waals surface area contributed by atoms with Crippen LogP contribution < -0.4 is 10.1 Å². The average molecular weight is 412 g/mol. The topological polar surface area (TPSA) is 99.9 Å². The lowest BCUT2D eigenvalue weighted by Crippen LogP contribution is -2.27. The van der Waals surface area contributed by atoms with Crippen LogP contribution in [0.3, 0.4) is 0 Å². The first-order valence-corrected chi connectivity index (χ1v) is 9.21. The van der Waals surface area contributed by atoms with Crippen LogP contribution in [-0.4, -0.2) is 36.9 Å². The van der Waals surface area contributed by atoms with Crippen molar-refractivity contribution in [3.63, 3.8) is 0 Å². The minimum absolute atomic E-state index is 0.0491. The van der Waals surface area contributed by atoms with E-state index in [1.165, 1.54) is 19.2 Å². The minimum Gasteiger partial charge on any atom is -0.490 e. The van der Waals surface area contributed by atoms with E-state index < -0.39 is 16.6 Å². The zero-order valence-electron chi connectivity index (χ0n) is 17.4. The molecule has 2 aromatic carbocycles. The highest BCUT2D eigenvalue weighted by atomic mass is 16.6. The summed E-state index contributed by atoms with van der Waals surface area (Å²) in [6.07, 6.45) is -0.809. The zero-order chi connectivity index (χ0) is 22.1. The molecule has 0 aliphatic heterocycles. The molecule has 2 rings (SSSR count). The fourth-order valence-electron chi connectivity index (χ4n) is 2.35. The molecule has 8 nitrogen and oxygen atoms in total. The van der Waals surface area contributed by atoms with Crippen molar-refractivity contribution in [2.45, 2.75) is 26.4 Å². The number of amides is 1. The Labute approximate surface area is 175 Å². The first-order chi connectivity index (χ1) is 14.2. The van der Waals surface area contributed by atoms with Gasteiger partial charge in [0, 0.05) is 24.8 Å². The van der Waals surface area contributed by atoms with Crippen LogP contribution in [0.5, 0.6) is 5.75 Å². The number of anilines is 1. The van der Waals surface area contributed by atoms with Crippen LogP contribution in [0.4, 0.5) is 16.2 Å². The maximum Gasteiger partial charge on any atom is 0.412 e. The van der Waals surface area contributed by atoms with Crippen molar-refractivity contribution in [3.05, 3.63) is 63.7 Å². The van der Waals surface area contributed by atoms with Gasteiger partial charge in [-0.15, -0.1) is 0 Å². The number of nitro groups is 1. The summed E-state index contributed by atoms with van der Waals surface area (Å²) in [5, 5.41) is 14.0. The van der Waals surface area contributed by atoms with E-state index >= 15 is 0 Å². The van der Waals surface area contributed by atoms with Gasteiger partial charge in [-0.2, -0.15) is 0 Å². The van der Waals surface area contributed by atoms with Gasteiger partial charge >= 0.3 is 6.09 Å². The van der Waals surface area contributed by atoms with Crippen molar-refractivity contribution in [3.8, 4) is 17.6 Å². The third-order valence-corrected chi connectivity index (χ3v) is 3.59. The van der Waals surface area contributed by atoms with Crippen molar-refractivity contribution in [1.82, 2.24) is 0 Å². The zero-order valence-corrected chi connectivity index (χ0v) is 17.4. The van der Waals surface area contributed by atoms with Gasteiger partial charge in [0.15, 0.2) is 0 Å². The summed E-state index contributed by atoms with van der Waals surface area (Å²) < 4.78 is 15.9. The molecule has 0 fully saturated rings. The van der Waals surface area contributed by atoms with E-state index in [0.717, 1.165) is 5.56 Å². The highest BCUT2D eigenvalue weighted by Crippen LogP contribution is 2.33. The number of nitro benzene ring substituents is 1. The van der Waals surface area contributed by atoms with Crippen LogP contribution in [-0.2, 0) is 9.47 Å². The monoisotopic (exact) mass is 412 g/mol. The number of nitrogens with one attached hydrogen (secondary N) is 1. The summed E-state index contributed by atoms with van der Waals surface area (Å²) in [4.78, 5) is 23.1. The lowest BCUT2D eigenvalue weighted by molar-refractivity contribution is -0.384. The van der Waals surface area contributed by atoms with E-state index in [0.29, 0.717) is 12.2 Å². The molecule has 0 atom stereocenters. The second-order valence-electron chi connectivity index (χ2n) is 7.21. The summed E-state index contributed by atoms with van der Waals surface area (Å²) >= 11 is 0. The number of methoxy groups -OCH3 is 1. The van der Waals surface area contributed by atoms with Gasteiger partial charge in [-0.1, -0.05) is 30.0 Å².